The third kappa shape index (κ3) is 5.83. The van der Waals surface area contributed by atoms with Gasteiger partial charge in [-0.05, 0) is 42.8 Å². The minimum Gasteiger partial charge on any atom is -0.495 e. The van der Waals surface area contributed by atoms with Crippen LogP contribution in [0.25, 0.3) is 11.1 Å². The van der Waals surface area contributed by atoms with Crippen molar-refractivity contribution in [3.05, 3.63) is 76.2 Å². The monoisotopic (exact) mass is 474 g/mol. The molecule has 0 spiro atoms. The number of rotatable bonds is 8. The van der Waals surface area contributed by atoms with Gasteiger partial charge in [-0.2, -0.15) is 5.26 Å². The Balaban J connectivity index is 1.27. The third-order valence-electron chi connectivity index (χ3n) is 6.23. The Kier molecular flexibility index (Phi) is 7.70. The molecule has 2 N–H and O–H groups in total. The smallest absolute Gasteiger partial charge is 0.266 e. The molecule has 0 radical (unpaired) electrons. The summed E-state index contributed by atoms with van der Waals surface area (Å²) in [7, 11) is 1.69. The first-order valence-corrected chi connectivity index (χ1v) is 11.6. The van der Waals surface area contributed by atoms with Gasteiger partial charge in [0, 0.05) is 44.0 Å². The number of hydrogen-bond donors (Lipinski definition) is 2. The van der Waals surface area contributed by atoms with Crippen molar-refractivity contribution in [2.75, 3.05) is 51.3 Å². The van der Waals surface area contributed by atoms with Crippen LogP contribution < -0.4 is 19.9 Å². The number of methoxy groups -OCH3 is 1. The molecular formula is C27H30N4O4. The third-order valence-corrected chi connectivity index (χ3v) is 6.23. The van der Waals surface area contributed by atoms with Crippen molar-refractivity contribution in [3.8, 4) is 28.7 Å². The molecule has 1 atom stereocenters. The number of nitriles is 1. The molecule has 0 saturated carbocycles. The van der Waals surface area contributed by atoms with E-state index in [0.29, 0.717) is 18.0 Å². The Morgan fingerprint density at radius 2 is 1.83 bits per heavy atom. The predicted octanol–water partition coefficient (Wildman–Crippen LogP) is 2.79. The highest BCUT2D eigenvalue weighted by Crippen LogP contribution is 2.28. The highest BCUT2D eigenvalue weighted by molar-refractivity contribution is 5.67. The number of anilines is 1. The quantitative estimate of drug-likeness (QED) is 0.518. The molecule has 0 unspecified atom stereocenters. The van der Waals surface area contributed by atoms with Gasteiger partial charge in [0.05, 0.1) is 12.8 Å². The van der Waals surface area contributed by atoms with Gasteiger partial charge in [0.2, 0.25) is 0 Å². The summed E-state index contributed by atoms with van der Waals surface area (Å²) in [6.45, 7) is 5.99. The normalized spacial score (nSPS) is 14.9. The summed E-state index contributed by atoms with van der Waals surface area (Å²) < 4.78 is 11.3. The number of nitrogens with one attached hydrogen (secondary N) is 1. The molecule has 1 saturated heterocycles. The number of ether oxygens (including phenoxy) is 2. The fraction of sp³-hybridized carbons (Fsp3) is 0.333. The number of nitrogens with zero attached hydrogens (tertiary/aromatic N) is 3. The van der Waals surface area contributed by atoms with Crippen molar-refractivity contribution in [2.45, 2.75) is 13.0 Å². The maximum atomic E-state index is 11.8. The van der Waals surface area contributed by atoms with Gasteiger partial charge in [-0.1, -0.05) is 24.3 Å². The zero-order chi connectivity index (χ0) is 24.8. The van der Waals surface area contributed by atoms with Gasteiger partial charge in [0.15, 0.2) is 0 Å². The van der Waals surface area contributed by atoms with Crippen molar-refractivity contribution < 1.29 is 14.6 Å². The molecule has 0 bridgehead atoms. The number of pyridine rings is 1. The number of aliphatic hydroxyl groups is 1. The topological polar surface area (TPSA) is 102 Å². The van der Waals surface area contributed by atoms with Gasteiger partial charge < -0.3 is 24.5 Å². The van der Waals surface area contributed by atoms with Gasteiger partial charge in [0.25, 0.3) is 5.56 Å². The number of β-amino-alcohol motifs (C(OH)–C–C–N with tert-alkyl or cyclic N) is 1. The SMILES string of the molecule is COc1ccccc1N1CCN(C[C@H](O)COc2ccc(-c3cc(C#N)c(=O)[nH]c3C)cc2)CC1. The fourth-order valence-corrected chi connectivity index (χ4v) is 4.34. The molecular weight excluding hydrogens is 444 g/mol. The first-order valence-electron chi connectivity index (χ1n) is 11.6. The summed E-state index contributed by atoms with van der Waals surface area (Å²) in [5.41, 5.74) is 3.16. The van der Waals surface area contributed by atoms with Crippen molar-refractivity contribution in [1.29, 1.82) is 5.26 Å². The van der Waals surface area contributed by atoms with E-state index in [0.717, 1.165) is 48.7 Å². The number of benzene rings is 2. The Morgan fingerprint density at radius 3 is 2.51 bits per heavy atom. The first kappa shape index (κ1) is 24.3. The second kappa shape index (κ2) is 11.1. The predicted molar refractivity (Wildman–Crippen MR) is 135 cm³/mol. The van der Waals surface area contributed by atoms with E-state index in [1.54, 1.807) is 20.1 Å². The Morgan fingerprint density at radius 1 is 1.11 bits per heavy atom. The van der Waals surface area contributed by atoms with E-state index in [1.165, 1.54) is 0 Å². The van der Waals surface area contributed by atoms with E-state index in [2.05, 4.69) is 20.9 Å². The van der Waals surface area contributed by atoms with Crippen LogP contribution in [0.2, 0.25) is 0 Å². The molecule has 1 aromatic heterocycles. The average Bonchev–Trinajstić information content (AvgIpc) is 2.88. The van der Waals surface area contributed by atoms with E-state index in [-0.39, 0.29) is 17.7 Å². The number of aromatic amines is 1. The molecule has 1 aliphatic rings. The second-order valence-electron chi connectivity index (χ2n) is 8.61. The molecule has 2 heterocycles. The maximum Gasteiger partial charge on any atom is 0.266 e. The van der Waals surface area contributed by atoms with E-state index < -0.39 is 6.10 Å². The second-order valence-corrected chi connectivity index (χ2v) is 8.61. The molecule has 8 heteroatoms. The van der Waals surface area contributed by atoms with E-state index in [4.69, 9.17) is 14.7 Å². The van der Waals surface area contributed by atoms with Crippen LogP contribution in [0.4, 0.5) is 5.69 Å². The van der Waals surface area contributed by atoms with Crippen molar-refractivity contribution in [2.24, 2.45) is 0 Å². The van der Waals surface area contributed by atoms with Crippen molar-refractivity contribution in [3.63, 3.8) is 0 Å². The standard InChI is InChI=1S/C27H30N4O4/c1-19-24(15-21(16-28)27(33)29-19)20-7-9-23(10-8-20)35-18-22(32)17-30-11-13-31(14-12-30)25-5-3-4-6-26(25)34-2/h3-10,15,22,32H,11-14,17-18H2,1-2H3,(H,29,33)/t22-/m0/s1. The van der Waals surface area contributed by atoms with Gasteiger partial charge in [0.1, 0.15) is 35.8 Å². The van der Waals surface area contributed by atoms with Crippen LogP contribution in [0.1, 0.15) is 11.3 Å². The number of piperazine rings is 1. The van der Waals surface area contributed by atoms with E-state index in [9.17, 15) is 9.90 Å². The molecule has 182 valence electrons. The van der Waals surface area contributed by atoms with Gasteiger partial charge in [-0.3, -0.25) is 9.69 Å². The van der Waals surface area contributed by atoms with Crippen LogP contribution in [0.15, 0.2) is 59.4 Å². The summed E-state index contributed by atoms with van der Waals surface area (Å²) in [4.78, 5) is 19.0. The zero-order valence-corrected chi connectivity index (χ0v) is 20.0. The molecule has 3 aromatic rings. The molecule has 1 aliphatic heterocycles. The van der Waals surface area contributed by atoms with Crippen LogP contribution in [-0.2, 0) is 0 Å². The number of hydrogen-bond acceptors (Lipinski definition) is 7. The average molecular weight is 475 g/mol. The molecule has 1 fully saturated rings. The van der Waals surface area contributed by atoms with Crippen molar-refractivity contribution >= 4 is 5.69 Å². The van der Waals surface area contributed by atoms with E-state index >= 15 is 0 Å². The largest absolute Gasteiger partial charge is 0.495 e. The van der Waals surface area contributed by atoms with Crippen LogP contribution >= 0.6 is 0 Å². The highest BCUT2D eigenvalue weighted by Gasteiger charge is 2.21. The Labute approximate surface area is 205 Å². The molecule has 0 amide bonds. The van der Waals surface area contributed by atoms with E-state index in [1.807, 2.05) is 48.5 Å². The van der Waals surface area contributed by atoms with Crippen LogP contribution in [-0.4, -0.2) is 67.5 Å². The number of aromatic nitrogens is 1. The lowest BCUT2D eigenvalue weighted by Crippen LogP contribution is -2.49. The Bertz CT molecular complexity index is 1240. The lowest BCUT2D eigenvalue weighted by Gasteiger charge is -2.37. The van der Waals surface area contributed by atoms with Gasteiger partial charge in [-0.25, -0.2) is 0 Å². The van der Waals surface area contributed by atoms with Crippen LogP contribution in [0.3, 0.4) is 0 Å². The minimum absolute atomic E-state index is 0.0813. The summed E-state index contributed by atoms with van der Waals surface area (Å²) in [6, 6.07) is 18.9. The van der Waals surface area contributed by atoms with Crippen LogP contribution in [0, 0.1) is 18.3 Å². The van der Waals surface area contributed by atoms with Crippen molar-refractivity contribution in [1.82, 2.24) is 9.88 Å². The summed E-state index contributed by atoms with van der Waals surface area (Å²) >= 11 is 0. The number of para-hydroxylation sites is 2. The Hall–Kier alpha value is -3.80. The molecule has 4 rings (SSSR count). The maximum absolute atomic E-state index is 11.8. The summed E-state index contributed by atoms with van der Waals surface area (Å²) in [5, 5.41) is 19.6. The van der Waals surface area contributed by atoms with Crippen LogP contribution in [0.5, 0.6) is 11.5 Å². The molecule has 0 aliphatic carbocycles. The van der Waals surface area contributed by atoms with Gasteiger partial charge in [-0.15, -0.1) is 0 Å². The first-order chi connectivity index (χ1) is 17.0. The minimum atomic E-state index is -0.605. The number of H-pyrrole nitrogens is 1. The molecule has 8 nitrogen and oxygen atoms in total. The fourth-order valence-electron chi connectivity index (χ4n) is 4.34. The summed E-state index contributed by atoms with van der Waals surface area (Å²) in [6.07, 6.45) is -0.605. The lowest BCUT2D eigenvalue weighted by atomic mass is 10.0. The molecule has 35 heavy (non-hydrogen) atoms. The highest BCUT2D eigenvalue weighted by atomic mass is 16.5. The number of aryl methyl sites for hydroxylation is 1. The summed E-state index contributed by atoms with van der Waals surface area (Å²) in [5.74, 6) is 1.53. The lowest BCUT2D eigenvalue weighted by molar-refractivity contribution is 0.0663. The van der Waals surface area contributed by atoms with Gasteiger partial charge >= 0.3 is 0 Å². The molecule has 2 aromatic carbocycles. The number of aliphatic hydroxyl groups excluding tert-OH is 1. The zero-order valence-electron chi connectivity index (χ0n) is 20.0.